The molecular formula is C15H11Zr. The molecule has 0 aromatic heterocycles. The van der Waals surface area contributed by atoms with Crippen LogP contribution in [-0.2, 0) is 26.2 Å². The first kappa shape index (κ1) is 11.5. The molecule has 0 saturated heterocycles. The molecule has 0 aliphatic heterocycles. The van der Waals surface area contributed by atoms with Gasteiger partial charge >= 0.3 is 0 Å². The van der Waals surface area contributed by atoms with Crippen LogP contribution in [0.3, 0.4) is 0 Å². The Bertz CT molecular complexity index is 512. The third-order valence-electron chi connectivity index (χ3n) is 2.77. The van der Waals surface area contributed by atoms with E-state index in [-0.39, 0.29) is 26.2 Å². The zero-order valence-corrected chi connectivity index (χ0v) is 11.3. The zero-order valence-electron chi connectivity index (χ0n) is 8.85. The van der Waals surface area contributed by atoms with E-state index in [1.54, 1.807) is 0 Å². The second-order valence-electron chi connectivity index (χ2n) is 3.70. The summed E-state index contributed by atoms with van der Waals surface area (Å²) in [5.41, 5.74) is 5.27. The fourth-order valence-electron chi connectivity index (χ4n) is 2.02. The SMILES string of the molecule is [CH]1C=C(c2ccccc2)c2ccccc21.[Zr]. The van der Waals surface area contributed by atoms with E-state index >= 15 is 0 Å². The molecule has 0 nitrogen and oxygen atoms in total. The summed E-state index contributed by atoms with van der Waals surface area (Å²) in [5.74, 6) is 0. The summed E-state index contributed by atoms with van der Waals surface area (Å²) in [6.07, 6.45) is 4.37. The molecule has 1 aliphatic carbocycles. The number of allylic oxidation sites excluding steroid dienone is 1. The molecule has 2 aromatic carbocycles. The Hall–Kier alpha value is -0.937. The Morgan fingerprint density at radius 1 is 0.688 bits per heavy atom. The summed E-state index contributed by atoms with van der Waals surface area (Å²) in [6.45, 7) is 0. The molecule has 0 unspecified atom stereocenters. The topological polar surface area (TPSA) is 0 Å². The number of hydrogen-bond donors (Lipinski definition) is 0. The van der Waals surface area contributed by atoms with Gasteiger partial charge in [0.15, 0.2) is 0 Å². The van der Waals surface area contributed by atoms with Crippen LogP contribution in [0.4, 0.5) is 0 Å². The van der Waals surface area contributed by atoms with E-state index in [4.69, 9.17) is 0 Å². The van der Waals surface area contributed by atoms with Crippen molar-refractivity contribution in [2.75, 3.05) is 0 Å². The van der Waals surface area contributed by atoms with Crippen LogP contribution < -0.4 is 0 Å². The molecule has 75 valence electrons. The minimum Gasteiger partial charge on any atom is -0.0676 e. The molecule has 1 radical (unpaired) electrons. The summed E-state index contributed by atoms with van der Waals surface area (Å²) in [7, 11) is 0. The average Bonchev–Trinajstić information content (AvgIpc) is 2.74. The zero-order chi connectivity index (χ0) is 10.1. The van der Waals surface area contributed by atoms with Gasteiger partial charge in [-0.2, -0.15) is 0 Å². The molecule has 0 heterocycles. The summed E-state index contributed by atoms with van der Waals surface area (Å²) >= 11 is 0. The molecule has 1 heteroatoms. The quantitative estimate of drug-likeness (QED) is 0.748. The van der Waals surface area contributed by atoms with Gasteiger partial charge in [-0.1, -0.05) is 60.7 Å². The van der Waals surface area contributed by atoms with Crippen molar-refractivity contribution in [3.05, 3.63) is 83.8 Å². The van der Waals surface area contributed by atoms with E-state index in [1.807, 2.05) is 0 Å². The molecule has 0 spiro atoms. The van der Waals surface area contributed by atoms with Crippen molar-refractivity contribution < 1.29 is 26.2 Å². The first-order chi connectivity index (χ1) is 7.45. The van der Waals surface area contributed by atoms with Gasteiger partial charge in [0.25, 0.3) is 0 Å². The summed E-state index contributed by atoms with van der Waals surface area (Å²) in [4.78, 5) is 0. The molecule has 0 N–H and O–H groups in total. The van der Waals surface area contributed by atoms with E-state index in [2.05, 4.69) is 67.1 Å². The fourth-order valence-corrected chi connectivity index (χ4v) is 2.02. The van der Waals surface area contributed by atoms with E-state index in [9.17, 15) is 0 Å². The van der Waals surface area contributed by atoms with Gasteiger partial charge in [-0.05, 0) is 22.3 Å². The van der Waals surface area contributed by atoms with Crippen molar-refractivity contribution in [1.29, 1.82) is 0 Å². The van der Waals surface area contributed by atoms with Crippen LogP contribution in [0.25, 0.3) is 5.57 Å². The molecule has 0 saturated carbocycles. The van der Waals surface area contributed by atoms with Crippen molar-refractivity contribution in [3.63, 3.8) is 0 Å². The molecule has 2 aromatic rings. The monoisotopic (exact) mass is 281 g/mol. The molecule has 0 amide bonds. The molecule has 0 atom stereocenters. The number of benzene rings is 2. The van der Waals surface area contributed by atoms with Crippen molar-refractivity contribution in [2.24, 2.45) is 0 Å². The van der Waals surface area contributed by atoms with Gasteiger partial charge in [-0.15, -0.1) is 0 Å². The maximum Gasteiger partial charge on any atom is 0.0138 e. The maximum absolute atomic E-state index is 2.19. The van der Waals surface area contributed by atoms with Crippen LogP contribution in [0.15, 0.2) is 60.7 Å². The fraction of sp³-hybridized carbons (Fsp3) is 0. The van der Waals surface area contributed by atoms with Gasteiger partial charge in [-0.25, -0.2) is 0 Å². The summed E-state index contributed by atoms with van der Waals surface area (Å²) in [6, 6.07) is 19.0. The third kappa shape index (κ3) is 1.97. The smallest absolute Gasteiger partial charge is 0.0138 e. The minimum atomic E-state index is 0. The van der Waals surface area contributed by atoms with Crippen LogP contribution in [0, 0.1) is 6.42 Å². The van der Waals surface area contributed by atoms with Crippen LogP contribution in [0.2, 0.25) is 0 Å². The van der Waals surface area contributed by atoms with Crippen molar-refractivity contribution in [2.45, 2.75) is 0 Å². The summed E-state index contributed by atoms with van der Waals surface area (Å²) < 4.78 is 0. The Labute approximate surface area is 115 Å². The minimum absolute atomic E-state index is 0. The molecule has 16 heavy (non-hydrogen) atoms. The summed E-state index contributed by atoms with van der Waals surface area (Å²) in [5, 5.41) is 0. The van der Waals surface area contributed by atoms with Gasteiger partial charge in [0.05, 0.1) is 0 Å². The predicted octanol–water partition coefficient (Wildman–Crippen LogP) is 3.68. The first-order valence-corrected chi connectivity index (χ1v) is 5.15. The number of hydrogen-bond acceptors (Lipinski definition) is 0. The van der Waals surface area contributed by atoms with Gasteiger partial charge < -0.3 is 0 Å². The van der Waals surface area contributed by atoms with Crippen LogP contribution >= 0.6 is 0 Å². The molecule has 0 bridgehead atoms. The van der Waals surface area contributed by atoms with Crippen molar-refractivity contribution in [3.8, 4) is 0 Å². The van der Waals surface area contributed by atoms with E-state index in [0.717, 1.165) is 0 Å². The Balaban J connectivity index is 0.000000963. The average molecular weight is 282 g/mol. The Morgan fingerprint density at radius 3 is 2.19 bits per heavy atom. The number of fused-ring (bicyclic) bond motifs is 1. The van der Waals surface area contributed by atoms with Gasteiger partial charge in [-0.3, -0.25) is 0 Å². The van der Waals surface area contributed by atoms with E-state index in [1.165, 1.54) is 22.3 Å². The first-order valence-electron chi connectivity index (χ1n) is 5.15. The normalized spacial score (nSPS) is 12.6. The van der Waals surface area contributed by atoms with Crippen molar-refractivity contribution in [1.82, 2.24) is 0 Å². The number of rotatable bonds is 1. The van der Waals surface area contributed by atoms with E-state index < -0.39 is 0 Å². The molecule has 0 fully saturated rings. The van der Waals surface area contributed by atoms with Gasteiger partial charge in [0, 0.05) is 32.6 Å². The molecular weight excluding hydrogens is 271 g/mol. The van der Waals surface area contributed by atoms with Crippen LogP contribution in [0.5, 0.6) is 0 Å². The second kappa shape index (κ2) is 4.93. The van der Waals surface area contributed by atoms with Crippen LogP contribution in [0.1, 0.15) is 16.7 Å². The van der Waals surface area contributed by atoms with Gasteiger partial charge in [0.1, 0.15) is 0 Å². The van der Waals surface area contributed by atoms with E-state index in [0.29, 0.717) is 0 Å². The standard InChI is InChI=1S/C15H11.Zr/c1-2-6-12(7-3-1)15-11-10-13-8-4-5-9-14(13)15;/h1-11H;. The second-order valence-corrected chi connectivity index (χ2v) is 3.70. The molecule has 3 rings (SSSR count). The Kier molecular flexibility index (Phi) is 3.56. The van der Waals surface area contributed by atoms with Crippen LogP contribution in [-0.4, -0.2) is 0 Å². The van der Waals surface area contributed by atoms with Gasteiger partial charge in [0.2, 0.25) is 0 Å². The predicted molar refractivity (Wildman–Crippen MR) is 63.4 cm³/mol. The Morgan fingerprint density at radius 2 is 1.38 bits per heavy atom. The largest absolute Gasteiger partial charge is 0.0676 e. The maximum atomic E-state index is 2.19. The molecule has 1 aliphatic rings. The third-order valence-corrected chi connectivity index (χ3v) is 2.77. The van der Waals surface area contributed by atoms with Crippen molar-refractivity contribution >= 4 is 5.57 Å².